The Morgan fingerprint density at radius 1 is 1.53 bits per heavy atom. The molecule has 0 spiro atoms. The SMILES string of the molecule is CC(C)CN(CCCN)c1nccn(C2CC2)c1=O. The second kappa shape index (κ2) is 6.19. The van der Waals surface area contributed by atoms with Crippen LogP contribution in [-0.4, -0.2) is 29.2 Å². The highest BCUT2D eigenvalue weighted by Gasteiger charge is 2.26. The summed E-state index contributed by atoms with van der Waals surface area (Å²) in [4.78, 5) is 18.9. The lowest BCUT2D eigenvalue weighted by Crippen LogP contribution is -2.36. The zero-order valence-corrected chi connectivity index (χ0v) is 11.9. The molecule has 1 aromatic rings. The molecular weight excluding hydrogens is 240 g/mol. The zero-order valence-electron chi connectivity index (χ0n) is 11.9. The highest BCUT2D eigenvalue weighted by Crippen LogP contribution is 2.33. The summed E-state index contributed by atoms with van der Waals surface area (Å²) >= 11 is 0. The van der Waals surface area contributed by atoms with Crippen molar-refractivity contribution in [1.82, 2.24) is 9.55 Å². The first kappa shape index (κ1) is 14.1. The van der Waals surface area contributed by atoms with Crippen LogP contribution in [0, 0.1) is 5.92 Å². The van der Waals surface area contributed by atoms with Gasteiger partial charge in [0.15, 0.2) is 5.82 Å². The van der Waals surface area contributed by atoms with Crippen LogP contribution in [0.3, 0.4) is 0 Å². The van der Waals surface area contributed by atoms with Gasteiger partial charge in [0.25, 0.3) is 5.56 Å². The molecule has 0 saturated heterocycles. The van der Waals surface area contributed by atoms with E-state index in [9.17, 15) is 4.79 Å². The van der Waals surface area contributed by atoms with Crippen LogP contribution in [0.2, 0.25) is 0 Å². The third kappa shape index (κ3) is 3.56. The number of nitrogens with zero attached hydrogens (tertiary/aromatic N) is 3. The third-order valence-corrected chi connectivity index (χ3v) is 3.31. The van der Waals surface area contributed by atoms with Crippen molar-refractivity contribution in [3.63, 3.8) is 0 Å². The first-order chi connectivity index (χ1) is 9.13. The molecule has 1 saturated carbocycles. The number of anilines is 1. The fraction of sp³-hybridized carbons (Fsp3) is 0.714. The summed E-state index contributed by atoms with van der Waals surface area (Å²) in [5.41, 5.74) is 5.63. The molecule has 1 fully saturated rings. The van der Waals surface area contributed by atoms with Crippen LogP contribution in [0.1, 0.15) is 39.2 Å². The van der Waals surface area contributed by atoms with Gasteiger partial charge >= 0.3 is 0 Å². The zero-order chi connectivity index (χ0) is 13.8. The van der Waals surface area contributed by atoms with Gasteiger partial charge in [-0.3, -0.25) is 4.79 Å². The van der Waals surface area contributed by atoms with Crippen LogP contribution in [0.15, 0.2) is 17.2 Å². The molecule has 0 bridgehead atoms. The Morgan fingerprint density at radius 2 is 2.26 bits per heavy atom. The molecule has 0 atom stereocenters. The van der Waals surface area contributed by atoms with Crippen molar-refractivity contribution in [3.8, 4) is 0 Å². The van der Waals surface area contributed by atoms with Gasteiger partial charge in [0.05, 0.1) is 0 Å². The van der Waals surface area contributed by atoms with Crippen molar-refractivity contribution in [2.24, 2.45) is 11.7 Å². The van der Waals surface area contributed by atoms with Gasteiger partial charge in [-0.15, -0.1) is 0 Å². The standard InChI is InChI=1S/C14H24N4O/c1-11(2)10-17(8-3-6-15)13-14(19)18(9-7-16-13)12-4-5-12/h7,9,11-12H,3-6,8,10,15H2,1-2H3. The lowest BCUT2D eigenvalue weighted by Gasteiger charge is -2.25. The Bertz CT molecular complexity index is 465. The second-order valence-corrected chi connectivity index (χ2v) is 5.68. The van der Waals surface area contributed by atoms with E-state index < -0.39 is 0 Å². The van der Waals surface area contributed by atoms with Crippen LogP contribution in [0.4, 0.5) is 5.82 Å². The normalized spacial score (nSPS) is 14.9. The van der Waals surface area contributed by atoms with Crippen LogP contribution in [-0.2, 0) is 0 Å². The van der Waals surface area contributed by atoms with E-state index in [1.807, 2.05) is 4.57 Å². The van der Waals surface area contributed by atoms with E-state index in [0.717, 1.165) is 32.4 Å². The predicted octanol–water partition coefficient (Wildman–Crippen LogP) is 1.39. The first-order valence-electron chi connectivity index (χ1n) is 7.15. The van der Waals surface area contributed by atoms with Crippen LogP contribution in [0.25, 0.3) is 0 Å². The van der Waals surface area contributed by atoms with Crippen molar-refractivity contribution in [2.45, 2.75) is 39.2 Å². The molecule has 106 valence electrons. The van der Waals surface area contributed by atoms with Crippen LogP contribution < -0.4 is 16.2 Å². The van der Waals surface area contributed by atoms with E-state index in [1.165, 1.54) is 0 Å². The van der Waals surface area contributed by atoms with Gasteiger partial charge in [-0.25, -0.2) is 4.98 Å². The maximum Gasteiger partial charge on any atom is 0.293 e. The second-order valence-electron chi connectivity index (χ2n) is 5.68. The lowest BCUT2D eigenvalue weighted by atomic mass is 10.2. The molecule has 2 rings (SSSR count). The van der Waals surface area contributed by atoms with Gasteiger partial charge in [-0.1, -0.05) is 13.8 Å². The summed E-state index contributed by atoms with van der Waals surface area (Å²) in [5.74, 6) is 1.07. The van der Waals surface area contributed by atoms with Crippen LogP contribution >= 0.6 is 0 Å². The molecule has 1 aromatic heterocycles. The van der Waals surface area contributed by atoms with Gasteiger partial charge < -0.3 is 15.2 Å². The summed E-state index contributed by atoms with van der Waals surface area (Å²) < 4.78 is 1.83. The minimum Gasteiger partial charge on any atom is -0.352 e. The summed E-state index contributed by atoms with van der Waals surface area (Å²) in [6.45, 7) is 6.58. The van der Waals surface area contributed by atoms with E-state index >= 15 is 0 Å². The molecule has 5 nitrogen and oxygen atoms in total. The number of hydrogen-bond acceptors (Lipinski definition) is 4. The minimum absolute atomic E-state index is 0.0441. The Kier molecular flexibility index (Phi) is 4.58. The predicted molar refractivity (Wildman–Crippen MR) is 77.5 cm³/mol. The Hall–Kier alpha value is -1.36. The molecule has 1 heterocycles. The Balaban J connectivity index is 2.24. The monoisotopic (exact) mass is 264 g/mol. The highest BCUT2D eigenvalue weighted by molar-refractivity contribution is 5.36. The summed E-state index contributed by atoms with van der Waals surface area (Å²) in [5, 5.41) is 0. The van der Waals surface area contributed by atoms with E-state index in [0.29, 0.717) is 24.3 Å². The van der Waals surface area contributed by atoms with Crippen molar-refractivity contribution in [3.05, 3.63) is 22.7 Å². The van der Waals surface area contributed by atoms with Crippen molar-refractivity contribution >= 4 is 5.82 Å². The average Bonchev–Trinajstić information content (AvgIpc) is 3.19. The van der Waals surface area contributed by atoms with Crippen molar-refractivity contribution < 1.29 is 0 Å². The third-order valence-electron chi connectivity index (χ3n) is 3.31. The van der Waals surface area contributed by atoms with Crippen molar-refractivity contribution in [1.29, 1.82) is 0 Å². The van der Waals surface area contributed by atoms with Gasteiger partial charge in [0, 0.05) is 31.5 Å². The lowest BCUT2D eigenvalue weighted by molar-refractivity contribution is 0.587. The fourth-order valence-electron chi connectivity index (χ4n) is 2.28. The molecule has 1 aliphatic carbocycles. The van der Waals surface area contributed by atoms with Gasteiger partial charge in [0.2, 0.25) is 0 Å². The van der Waals surface area contributed by atoms with Gasteiger partial charge in [-0.2, -0.15) is 0 Å². The molecule has 2 N–H and O–H groups in total. The Morgan fingerprint density at radius 3 is 2.84 bits per heavy atom. The first-order valence-corrected chi connectivity index (χ1v) is 7.15. The molecule has 0 aromatic carbocycles. The quantitative estimate of drug-likeness (QED) is 0.808. The van der Waals surface area contributed by atoms with E-state index in [2.05, 4.69) is 23.7 Å². The fourth-order valence-corrected chi connectivity index (χ4v) is 2.28. The molecule has 0 amide bonds. The molecular formula is C14H24N4O. The summed E-state index contributed by atoms with van der Waals surface area (Å²) in [6.07, 6.45) is 6.64. The largest absolute Gasteiger partial charge is 0.352 e. The van der Waals surface area contributed by atoms with Gasteiger partial charge in [0.1, 0.15) is 0 Å². The minimum atomic E-state index is 0.0441. The van der Waals surface area contributed by atoms with Crippen molar-refractivity contribution in [2.75, 3.05) is 24.5 Å². The maximum atomic E-state index is 12.5. The molecule has 0 radical (unpaired) electrons. The van der Waals surface area contributed by atoms with Gasteiger partial charge in [-0.05, 0) is 31.7 Å². The number of rotatable bonds is 7. The molecule has 5 heteroatoms. The van der Waals surface area contributed by atoms with E-state index in [4.69, 9.17) is 5.73 Å². The molecule has 19 heavy (non-hydrogen) atoms. The maximum absolute atomic E-state index is 12.5. The molecule has 0 aliphatic heterocycles. The smallest absolute Gasteiger partial charge is 0.293 e. The molecule has 1 aliphatic rings. The topological polar surface area (TPSA) is 64.2 Å². The van der Waals surface area contributed by atoms with E-state index in [1.54, 1.807) is 12.4 Å². The van der Waals surface area contributed by atoms with E-state index in [-0.39, 0.29) is 5.56 Å². The number of aromatic nitrogens is 2. The Labute approximate surface area is 114 Å². The number of hydrogen-bond donors (Lipinski definition) is 1. The molecule has 0 unspecified atom stereocenters. The number of nitrogens with two attached hydrogens (primary N) is 1. The summed E-state index contributed by atoms with van der Waals surface area (Å²) in [7, 11) is 0. The van der Waals surface area contributed by atoms with Crippen LogP contribution in [0.5, 0.6) is 0 Å². The average molecular weight is 264 g/mol. The summed E-state index contributed by atoms with van der Waals surface area (Å²) in [6, 6.07) is 0.393. The highest BCUT2D eigenvalue weighted by atomic mass is 16.1.